The third-order valence-corrected chi connectivity index (χ3v) is 3.19. The number of ether oxygens (including phenoxy) is 1. The number of aliphatic hydroxyl groups is 1. The summed E-state index contributed by atoms with van der Waals surface area (Å²) in [5.41, 5.74) is 0.922. The van der Waals surface area contributed by atoms with E-state index in [0.29, 0.717) is 0 Å². The fraction of sp³-hybridized carbons (Fsp3) is 0.364. The molecule has 0 bridgehead atoms. The first-order valence-corrected chi connectivity index (χ1v) is 6.86. The topological polar surface area (TPSA) is 63.6 Å². The molecule has 0 radical (unpaired) electrons. The molecule has 88 valence electrons. The largest absolute Gasteiger partial charge is 0.461 e. The summed E-state index contributed by atoms with van der Waals surface area (Å²) in [7, 11) is -2.00. The van der Waals surface area contributed by atoms with Gasteiger partial charge in [-0.15, -0.1) is 0 Å². The van der Waals surface area contributed by atoms with E-state index in [2.05, 4.69) is 0 Å². The highest BCUT2D eigenvalue weighted by Crippen LogP contribution is 2.19. The molecule has 0 fully saturated rings. The summed E-state index contributed by atoms with van der Waals surface area (Å²) in [6.45, 7) is 0.236. The Morgan fingerprint density at radius 2 is 2.00 bits per heavy atom. The van der Waals surface area contributed by atoms with Crippen LogP contribution in [0.5, 0.6) is 0 Å². The predicted octanol–water partition coefficient (Wildman–Crippen LogP) is 1.63. The minimum absolute atomic E-state index is 0.102. The first-order valence-electron chi connectivity index (χ1n) is 5.04. The maximum absolute atomic E-state index is 11.2. The Labute approximate surface area is 95.0 Å². The van der Waals surface area contributed by atoms with E-state index >= 15 is 0 Å². The van der Waals surface area contributed by atoms with E-state index in [0.717, 1.165) is 5.56 Å². The van der Waals surface area contributed by atoms with Gasteiger partial charge in [-0.25, -0.2) is 0 Å². The summed E-state index contributed by atoms with van der Waals surface area (Å²) in [6, 6.07) is 9.35. The summed E-state index contributed by atoms with van der Waals surface area (Å²) in [5, 5.41) is 8.54. The Bertz CT molecular complexity index is 350. The number of carbonyl (C=O) groups is 1. The first kappa shape index (κ1) is 12.9. The van der Waals surface area contributed by atoms with Crippen LogP contribution in [0.4, 0.5) is 0 Å². The fourth-order valence-corrected chi connectivity index (χ4v) is 1.77. The molecule has 0 saturated heterocycles. The Morgan fingerprint density at radius 3 is 2.62 bits per heavy atom. The van der Waals surface area contributed by atoms with Gasteiger partial charge in [-0.2, -0.15) is 0 Å². The van der Waals surface area contributed by atoms with Gasteiger partial charge in [-0.05, 0) is 5.56 Å². The van der Waals surface area contributed by atoms with Crippen molar-refractivity contribution in [2.75, 3.05) is 12.5 Å². The molecule has 1 N–H and O–H groups in total. The number of rotatable bonds is 6. The zero-order chi connectivity index (χ0) is 11.8. The smallest absolute Gasteiger partial charge is 0.306 e. The third kappa shape index (κ3) is 5.10. The highest BCUT2D eigenvalue weighted by atomic mass is 31.1. The van der Waals surface area contributed by atoms with Gasteiger partial charge >= 0.3 is 5.97 Å². The first-order chi connectivity index (χ1) is 7.72. The van der Waals surface area contributed by atoms with Crippen LogP contribution in [0, 0.1) is 0 Å². The van der Waals surface area contributed by atoms with E-state index < -0.39 is 7.80 Å². The molecule has 0 spiro atoms. The molecule has 1 aromatic carbocycles. The van der Waals surface area contributed by atoms with Crippen LogP contribution in [0.15, 0.2) is 30.3 Å². The van der Waals surface area contributed by atoms with Crippen LogP contribution in [0.3, 0.4) is 0 Å². The number of benzene rings is 1. The van der Waals surface area contributed by atoms with E-state index in [1.54, 1.807) is 0 Å². The standard InChI is InChI=1S/C11H15O4P/c12-9-16(14)7-6-11(13)15-8-10-4-2-1-3-5-10/h1-5,12,16H,6-9H2. The van der Waals surface area contributed by atoms with Crippen LogP contribution in [0.25, 0.3) is 0 Å². The number of carbonyl (C=O) groups excluding carboxylic acids is 1. The summed E-state index contributed by atoms with van der Waals surface area (Å²) >= 11 is 0. The summed E-state index contributed by atoms with van der Waals surface area (Å²) in [6.07, 6.45) is -0.0173. The molecule has 1 unspecified atom stereocenters. The molecule has 16 heavy (non-hydrogen) atoms. The van der Waals surface area contributed by atoms with Crippen LogP contribution < -0.4 is 0 Å². The summed E-state index contributed by atoms with van der Waals surface area (Å²) in [4.78, 5) is 11.2. The molecule has 0 heterocycles. The van der Waals surface area contributed by atoms with Crippen LogP contribution in [-0.2, 0) is 20.7 Å². The van der Waals surface area contributed by atoms with E-state index in [9.17, 15) is 9.36 Å². The lowest BCUT2D eigenvalue weighted by atomic mass is 10.2. The number of hydrogen-bond donors (Lipinski definition) is 1. The van der Waals surface area contributed by atoms with Crippen molar-refractivity contribution in [3.63, 3.8) is 0 Å². The molecule has 0 aromatic heterocycles. The fourth-order valence-electron chi connectivity index (χ4n) is 1.13. The molecule has 4 nitrogen and oxygen atoms in total. The molecule has 0 saturated carbocycles. The van der Waals surface area contributed by atoms with Crippen molar-refractivity contribution < 1.29 is 19.2 Å². The van der Waals surface area contributed by atoms with Crippen molar-refractivity contribution in [1.82, 2.24) is 0 Å². The Kier molecular flexibility index (Phi) is 5.83. The van der Waals surface area contributed by atoms with Crippen LogP contribution in [0.2, 0.25) is 0 Å². The molecule has 0 amide bonds. The van der Waals surface area contributed by atoms with E-state index in [1.807, 2.05) is 30.3 Å². The van der Waals surface area contributed by atoms with Gasteiger partial charge in [0, 0.05) is 6.16 Å². The van der Waals surface area contributed by atoms with Crippen molar-refractivity contribution in [2.45, 2.75) is 13.0 Å². The van der Waals surface area contributed by atoms with Gasteiger partial charge in [-0.3, -0.25) is 4.79 Å². The van der Waals surface area contributed by atoms with Gasteiger partial charge in [0.05, 0.1) is 12.8 Å². The highest BCUT2D eigenvalue weighted by Gasteiger charge is 2.06. The molecule has 0 aliphatic rings. The molecule has 0 aliphatic heterocycles. The Hall–Kier alpha value is -1.12. The number of esters is 1. The highest BCUT2D eigenvalue weighted by molar-refractivity contribution is 7.44. The summed E-state index contributed by atoms with van der Waals surface area (Å²) < 4.78 is 15.9. The van der Waals surface area contributed by atoms with Gasteiger partial charge < -0.3 is 14.4 Å². The lowest BCUT2D eigenvalue weighted by molar-refractivity contribution is -0.144. The second-order valence-electron chi connectivity index (χ2n) is 3.34. The van der Waals surface area contributed by atoms with Crippen LogP contribution in [0.1, 0.15) is 12.0 Å². The van der Waals surface area contributed by atoms with Crippen LogP contribution in [-0.4, -0.2) is 23.6 Å². The van der Waals surface area contributed by atoms with Gasteiger partial charge in [0.1, 0.15) is 14.4 Å². The average Bonchev–Trinajstić information content (AvgIpc) is 2.34. The van der Waals surface area contributed by atoms with Gasteiger partial charge in [-0.1, -0.05) is 30.3 Å². The van der Waals surface area contributed by atoms with E-state index in [4.69, 9.17) is 9.84 Å². The zero-order valence-electron chi connectivity index (χ0n) is 8.89. The van der Waals surface area contributed by atoms with E-state index in [-0.39, 0.29) is 31.5 Å². The second-order valence-corrected chi connectivity index (χ2v) is 5.24. The lowest BCUT2D eigenvalue weighted by Crippen LogP contribution is -2.05. The lowest BCUT2D eigenvalue weighted by Gasteiger charge is -2.04. The molecule has 1 rings (SSSR count). The van der Waals surface area contributed by atoms with Crippen LogP contribution >= 0.6 is 7.80 Å². The normalized spacial score (nSPS) is 12.1. The maximum Gasteiger partial charge on any atom is 0.306 e. The average molecular weight is 242 g/mol. The second kappa shape index (κ2) is 7.20. The zero-order valence-corrected chi connectivity index (χ0v) is 9.89. The van der Waals surface area contributed by atoms with Gasteiger partial charge in [0.2, 0.25) is 0 Å². The molecule has 1 atom stereocenters. The minimum atomic E-state index is -2.00. The molecular weight excluding hydrogens is 227 g/mol. The molecule has 5 heteroatoms. The maximum atomic E-state index is 11.2. The SMILES string of the molecule is O=C(CC[PH](=O)CO)OCc1ccccc1. The van der Waals surface area contributed by atoms with E-state index in [1.165, 1.54) is 0 Å². The molecule has 0 aliphatic carbocycles. The quantitative estimate of drug-likeness (QED) is 0.608. The summed E-state index contributed by atoms with van der Waals surface area (Å²) in [5.74, 6) is -0.379. The third-order valence-electron chi connectivity index (χ3n) is 2.03. The van der Waals surface area contributed by atoms with Crippen molar-refractivity contribution in [2.24, 2.45) is 0 Å². The van der Waals surface area contributed by atoms with Crippen molar-refractivity contribution in [1.29, 1.82) is 0 Å². The molecule has 1 aromatic rings. The van der Waals surface area contributed by atoms with Gasteiger partial charge in [0.15, 0.2) is 0 Å². The Balaban J connectivity index is 2.23. The minimum Gasteiger partial charge on any atom is -0.461 e. The monoisotopic (exact) mass is 242 g/mol. The Morgan fingerprint density at radius 1 is 1.31 bits per heavy atom. The molecular formula is C11H15O4P. The van der Waals surface area contributed by atoms with Crippen molar-refractivity contribution in [3.8, 4) is 0 Å². The van der Waals surface area contributed by atoms with Gasteiger partial charge in [0.25, 0.3) is 0 Å². The van der Waals surface area contributed by atoms with Crippen molar-refractivity contribution in [3.05, 3.63) is 35.9 Å². The number of aliphatic hydroxyl groups excluding tert-OH is 1. The number of hydrogen-bond acceptors (Lipinski definition) is 4. The van der Waals surface area contributed by atoms with Crippen molar-refractivity contribution >= 4 is 13.8 Å². The predicted molar refractivity (Wildman–Crippen MR) is 61.8 cm³/mol.